The molecule has 1 amide bonds. The molecule has 0 radical (unpaired) electrons. The van der Waals surface area contributed by atoms with Crippen molar-refractivity contribution < 1.29 is 4.79 Å². The molecule has 2 atom stereocenters. The van der Waals surface area contributed by atoms with Crippen LogP contribution in [-0.4, -0.2) is 29.4 Å². The number of benzene rings is 1. The lowest BCUT2D eigenvalue weighted by molar-refractivity contribution is -0.123. The van der Waals surface area contributed by atoms with Crippen LogP contribution in [0.3, 0.4) is 0 Å². The molecule has 4 heteroatoms. The molecule has 2 N–H and O–H groups in total. The minimum absolute atomic E-state index is 0.0825. The van der Waals surface area contributed by atoms with Crippen LogP contribution in [0, 0.1) is 0 Å². The summed E-state index contributed by atoms with van der Waals surface area (Å²) in [6, 6.07) is 9.22. The molecule has 0 saturated carbocycles. The largest absolute Gasteiger partial charge is 0.357 e. The summed E-state index contributed by atoms with van der Waals surface area (Å²) in [7, 11) is 0. The molecule has 1 spiro atoms. The Kier molecular flexibility index (Phi) is 2.82. The third kappa shape index (κ3) is 1.97. The first-order valence-electron chi connectivity index (χ1n) is 7.78. The molecule has 4 rings (SSSR count). The van der Waals surface area contributed by atoms with E-state index in [9.17, 15) is 4.79 Å². The summed E-state index contributed by atoms with van der Waals surface area (Å²) in [4.78, 5) is 14.7. The van der Waals surface area contributed by atoms with E-state index >= 15 is 0 Å². The van der Waals surface area contributed by atoms with Gasteiger partial charge in [-0.05, 0) is 36.8 Å². The van der Waals surface area contributed by atoms with Gasteiger partial charge in [0, 0.05) is 19.1 Å². The van der Waals surface area contributed by atoms with Gasteiger partial charge in [-0.2, -0.15) is 0 Å². The van der Waals surface area contributed by atoms with Crippen LogP contribution >= 0.6 is 0 Å². The standard InChI is InChI=1S/C17H21N3O/c1-12-18-16(21)17(19-12)9-10-20(11-17)15-8-4-6-13-5-2-3-7-14(13)15/h2-3,5,7,15,19H,1,4,6,8-11H2,(H,18,21). The predicted octanol–water partition coefficient (Wildman–Crippen LogP) is 1.70. The molecule has 21 heavy (non-hydrogen) atoms. The molecule has 2 aliphatic heterocycles. The lowest BCUT2D eigenvalue weighted by Gasteiger charge is -2.34. The Labute approximate surface area is 125 Å². The number of hydrogen-bond acceptors (Lipinski definition) is 3. The van der Waals surface area contributed by atoms with Gasteiger partial charge in [-0.3, -0.25) is 9.69 Å². The van der Waals surface area contributed by atoms with Crippen molar-refractivity contribution in [2.45, 2.75) is 37.3 Å². The number of carbonyl (C=O) groups is 1. The van der Waals surface area contributed by atoms with E-state index in [0.717, 1.165) is 19.5 Å². The van der Waals surface area contributed by atoms with Gasteiger partial charge in [-0.25, -0.2) is 0 Å². The van der Waals surface area contributed by atoms with Crippen LogP contribution in [0.15, 0.2) is 36.7 Å². The first kappa shape index (κ1) is 12.9. The maximum Gasteiger partial charge on any atom is 0.252 e. The van der Waals surface area contributed by atoms with Crippen molar-refractivity contribution in [3.8, 4) is 0 Å². The zero-order chi connectivity index (χ0) is 14.4. The molecule has 1 aromatic rings. The van der Waals surface area contributed by atoms with Crippen LogP contribution < -0.4 is 10.6 Å². The van der Waals surface area contributed by atoms with E-state index in [1.54, 1.807) is 0 Å². The van der Waals surface area contributed by atoms with Crippen molar-refractivity contribution in [3.63, 3.8) is 0 Å². The van der Waals surface area contributed by atoms with Gasteiger partial charge < -0.3 is 10.6 Å². The molecule has 0 bridgehead atoms. The molecular formula is C17H21N3O. The van der Waals surface area contributed by atoms with Crippen molar-refractivity contribution in [1.82, 2.24) is 15.5 Å². The Morgan fingerprint density at radius 2 is 2.19 bits per heavy atom. The molecule has 0 aromatic heterocycles. The first-order chi connectivity index (χ1) is 10.2. The van der Waals surface area contributed by atoms with Gasteiger partial charge in [0.05, 0.1) is 5.82 Å². The third-order valence-corrected chi connectivity index (χ3v) is 5.17. The Morgan fingerprint density at radius 1 is 1.33 bits per heavy atom. The quantitative estimate of drug-likeness (QED) is 0.824. The maximum absolute atomic E-state index is 12.2. The summed E-state index contributed by atoms with van der Waals surface area (Å²) in [5.41, 5.74) is 2.48. The lowest BCUT2D eigenvalue weighted by atomic mass is 9.87. The zero-order valence-electron chi connectivity index (χ0n) is 12.2. The highest BCUT2D eigenvalue weighted by atomic mass is 16.2. The van der Waals surface area contributed by atoms with Crippen LogP contribution in [0.4, 0.5) is 0 Å². The number of nitrogens with zero attached hydrogens (tertiary/aromatic N) is 1. The number of amides is 1. The Bertz CT molecular complexity index is 612. The summed E-state index contributed by atoms with van der Waals surface area (Å²) in [6.07, 6.45) is 4.46. The van der Waals surface area contributed by atoms with E-state index in [1.165, 1.54) is 30.4 Å². The molecular weight excluding hydrogens is 262 g/mol. The van der Waals surface area contributed by atoms with Gasteiger partial charge in [0.15, 0.2) is 0 Å². The molecule has 2 saturated heterocycles. The van der Waals surface area contributed by atoms with Crippen LogP contribution in [-0.2, 0) is 11.2 Å². The van der Waals surface area contributed by atoms with E-state index in [2.05, 4.69) is 46.4 Å². The topological polar surface area (TPSA) is 44.4 Å². The highest BCUT2D eigenvalue weighted by molar-refractivity contribution is 5.91. The zero-order valence-corrected chi connectivity index (χ0v) is 12.2. The van der Waals surface area contributed by atoms with Crippen LogP contribution in [0.5, 0.6) is 0 Å². The van der Waals surface area contributed by atoms with Crippen molar-refractivity contribution in [2.24, 2.45) is 0 Å². The number of hydrogen-bond donors (Lipinski definition) is 2. The van der Waals surface area contributed by atoms with Crippen LogP contribution in [0.2, 0.25) is 0 Å². The van der Waals surface area contributed by atoms with Crippen LogP contribution in [0.1, 0.15) is 36.4 Å². The summed E-state index contributed by atoms with van der Waals surface area (Å²) < 4.78 is 0. The first-order valence-corrected chi connectivity index (χ1v) is 7.78. The summed E-state index contributed by atoms with van der Waals surface area (Å²) >= 11 is 0. The molecule has 1 aromatic carbocycles. The Balaban J connectivity index is 1.60. The van der Waals surface area contributed by atoms with Gasteiger partial charge in [0.25, 0.3) is 5.91 Å². The fraction of sp³-hybridized carbons (Fsp3) is 0.471. The van der Waals surface area contributed by atoms with Crippen molar-refractivity contribution in [2.75, 3.05) is 13.1 Å². The van der Waals surface area contributed by atoms with E-state index in [4.69, 9.17) is 0 Å². The van der Waals surface area contributed by atoms with E-state index in [-0.39, 0.29) is 5.91 Å². The summed E-state index contributed by atoms with van der Waals surface area (Å²) in [6.45, 7) is 5.58. The highest BCUT2D eigenvalue weighted by Crippen LogP contribution is 2.38. The lowest BCUT2D eigenvalue weighted by Crippen LogP contribution is -2.48. The number of carbonyl (C=O) groups excluding carboxylic acids is 1. The smallest absolute Gasteiger partial charge is 0.252 e. The monoisotopic (exact) mass is 283 g/mol. The second kappa shape index (κ2) is 4.60. The molecule has 1 aliphatic carbocycles. The van der Waals surface area contributed by atoms with Crippen molar-refractivity contribution in [1.29, 1.82) is 0 Å². The summed E-state index contributed by atoms with van der Waals surface area (Å²) in [5.74, 6) is 0.727. The maximum atomic E-state index is 12.2. The van der Waals surface area contributed by atoms with Gasteiger partial charge in [-0.1, -0.05) is 30.8 Å². The molecule has 4 nitrogen and oxygen atoms in total. The van der Waals surface area contributed by atoms with Crippen LogP contribution in [0.25, 0.3) is 0 Å². The third-order valence-electron chi connectivity index (χ3n) is 5.17. The number of likely N-dealkylation sites (tertiary alicyclic amines) is 1. The minimum atomic E-state index is -0.455. The Hall–Kier alpha value is -1.81. The minimum Gasteiger partial charge on any atom is -0.357 e. The molecule has 3 aliphatic rings. The predicted molar refractivity (Wildman–Crippen MR) is 81.5 cm³/mol. The fourth-order valence-corrected chi connectivity index (χ4v) is 4.13. The SMILES string of the molecule is C=C1NC(=O)C2(CCN(C3CCCc4ccccc43)C2)N1. The van der Waals surface area contributed by atoms with Crippen molar-refractivity contribution >= 4 is 5.91 Å². The van der Waals surface area contributed by atoms with Gasteiger partial charge in [-0.15, -0.1) is 0 Å². The second-order valence-electron chi connectivity index (χ2n) is 6.47. The second-order valence-corrected chi connectivity index (χ2v) is 6.47. The van der Waals surface area contributed by atoms with Gasteiger partial charge in [0.1, 0.15) is 5.54 Å². The average molecular weight is 283 g/mol. The number of aryl methyl sites for hydroxylation is 1. The number of rotatable bonds is 1. The number of fused-ring (bicyclic) bond motifs is 1. The number of nitrogens with one attached hydrogen (secondary N) is 2. The molecule has 2 fully saturated rings. The van der Waals surface area contributed by atoms with Gasteiger partial charge in [0.2, 0.25) is 0 Å². The molecule has 2 unspecified atom stereocenters. The fourth-order valence-electron chi connectivity index (χ4n) is 4.13. The summed E-state index contributed by atoms with van der Waals surface area (Å²) in [5, 5.41) is 6.10. The van der Waals surface area contributed by atoms with E-state index in [1.807, 2.05) is 0 Å². The molecule has 2 heterocycles. The van der Waals surface area contributed by atoms with Gasteiger partial charge >= 0.3 is 0 Å². The van der Waals surface area contributed by atoms with Crippen molar-refractivity contribution in [3.05, 3.63) is 47.8 Å². The molecule has 110 valence electrons. The Morgan fingerprint density at radius 3 is 3.00 bits per heavy atom. The van der Waals surface area contributed by atoms with E-state index < -0.39 is 5.54 Å². The average Bonchev–Trinajstić information content (AvgIpc) is 3.03. The van der Waals surface area contributed by atoms with E-state index in [0.29, 0.717) is 11.9 Å². The highest BCUT2D eigenvalue weighted by Gasteiger charge is 2.50. The normalized spacial score (nSPS) is 32.1.